The first-order valence-electron chi connectivity index (χ1n) is 10.7. The summed E-state index contributed by atoms with van der Waals surface area (Å²) < 4.78 is 24.1. The Morgan fingerprint density at radius 3 is 2.58 bits per heavy atom. The molecule has 0 radical (unpaired) electrons. The minimum absolute atomic E-state index is 0.200. The van der Waals surface area contributed by atoms with Crippen LogP contribution in [0.4, 0.5) is 20.6 Å². The third-order valence-corrected chi connectivity index (χ3v) is 5.34. The number of anilines is 2. The fraction of sp³-hybridized carbons (Fsp3) is 0.478. The lowest BCUT2D eigenvalue weighted by Gasteiger charge is -2.31. The van der Waals surface area contributed by atoms with Gasteiger partial charge in [-0.15, -0.1) is 0 Å². The van der Waals surface area contributed by atoms with E-state index in [0.29, 0.717) is 37.5 Å². The van der Waals surface area contributed by atoms with Crippen LogP contribution in [0, 0.1) is 17.1 Å². The number of benzene rings is 1. The van der Waals surface area contributed by atoms with Gasteiger partial charge in [-0.05, 0) is 44.9 Å². The molecule has 1 unspecified atom stereocenters. The number of nitrogens with one attached hydrogen (secondary N) is 1. The molecule has 2 aliphatic rings. The van der Waals surface area contributed by atoms with E-state index in [2.05, 4.69) is 16.1 Å². The van der Waals surface area contributed by atoms with Crippen LogP contribution >= 0.6 is 0 Å². The van der Waals surface area contributed by atoms with E-state index in [0.717, 1.165) is 24.0 Å². The zero-order valence-corrected chi connectivity index (χ0v) is 19.1. The standard InChI is InChI=1S/C20H23FN4O3.C3H6O2/c1-13(10-22)15-5-7-24(8-6-15)19-4-3-16(9-18(19)21)25-12-17(28-20(25)27)11-23-14(2)26;1-2-5-3-4/h3-4,9,17H,5-8,11-12H2,1-2H3,(H,23,26);3H,2H2,1H3. The van der Waals surface area contributed by atoms with Gasteiger partial charge < -0.3 is 19.7 Å². The first-order chi connectivity index (χ1) is 15.8. The third kappa shape index (κ3) is 7.20. The van der Waals surface area contributed by atoms with Crippen molar-refractivity contribution in [1.29, 1.82) is 5.26 Å². The predicted molar refractivity (Wildman–Crippen MR) is 120 cm³/mol. The third-order valence-electron chi connectivity index (χ3n) is 5.34. The Hall–Kier alpha value is -3.61. The molecule has 2 aliphatic heterocycles. The van der Waals surface area contributed by atoms with E-state index < -0.39 is 18.0 Å². The van der Waals surface area contributed by atoms with Gasteiger partial charge in [0.15, 0.2) is 0 Å². The zero-order chi connectivity index (χ0) is 24.4. The molecule has 1 N–H and O–H groups in total. The van der Waals surface area contributed by atoms with Gasteiger partial charge in [-0.1, -0.05) is 5.57 Å². The summed E-state index contributed by atoms with van der Waals surface area (Å²) in [6.07, 6.45) is 0.463. The second kappa shape index (κ2) is 12.4. The number of carbonyl (C=O) groups is 3. The number of nitriles is 1. The van der Waals surface area contributed by atoms with E-state index in [1.807, 2.05) is 11.8 Å². The molecular weight excluding hydrogens is 431 g/mol. The molecule has 178 valence electrons. The average Bonchev–Trinajstić information content (AvgIpc) is 3.18. The maximum Gasteiger partial charge on any atom is 0.414 e. The lowest BCUT2D eigenvalue weighted by atomic mass is 9.99. The highest BCUT2D eigenvalue weighted by atomic mass is 19.1. The predicted octanol–water partition coefficient (Wildman–Crippen LogP) is 2.91. The Labute approximate surface area is 192 Å². The van der Waals surface area contributed by atoms with Gasteiger partial charge in [0.2, 0.25) is 5.91 Å². The number of nitrogens with zero attached hydrogens (tertiary/aromatic N) is 3. The number of cyclic esters (lactones) is 1. The van der Waals surface area contributed by atoms with Crippen LogP contribution in [0.25, 0.3) is 0 Å². The normalized spacial score (nSPS) is 17.4. The van der Waals surface area contributed by atoms with Crippen LogP contribution in [0.15, 0.2) is 29.3 Å². The second-order valence-electron chi connectivity index (χ2n) is 7.57. The van der Waals surface area contributed by atoms with Gasteiger partial charge in [-0.25, -0.2) is 9.18 Å². The van der Waals surface area contributed by atoms with Gasteiger partial charge in [-0.2, -0.15) is 5.26 Å². The number of carbonyl (C=O) groups excluding carboxylic acids is 3. The van der Waals surface area contributed by atoms with Crippen molar-refractivity contribution in [3.8, 4) is 6.07 Å². The molecule has 1 atom stereocenters. The number of ether oxygens (including phenoxy) is 2. The molecule has 3 rings (SSSR count). The Bertz CT molecular complexity index is 933. The number of piperidine rings is 1. The summed E-state index contributed by atoms with van der Waals surface area (Å²) in [5, 5.41) is 11.6. The van der Waals surface area contributed by atoms with Crippen LogP contribution in [0.2, 0.25) is 0 Å². The van der Waals surface area contributed by atoms with Gasteiger partial charge in [-0.3, -0.25) is 14.5 Å². The van der Waals surface area contributed by atoms with E-state index in [1.54, 1.807) is 19.1 Å². The van der Waals surface area contributed by atoms with Crippen molar-refractivity contribution in [1.82, 2.24) is 5.32 Å². The first-order valence-corrected chi connectivity index (χ1v) is 10.7. The first kappa shape index (κ1) is 25.6. The maximum absolute atomic E-state index is 14.7. The number of hydrogen-bond donors (Lipinski definition) is 1. The highest BCUT2D eigenvalue weighted by molar-refractivity contribution is 5.90. The molecule has 33 heavy (non-hydrogen) atoms. The molecule has 10 heteroatoms. The largest absolute Gasteiger partial charge is 0.468 e. The van der Waals surface area contributed by atoms with Gasteiger partial charge in [0.05, 0.1) is 37.1 Å². The molecule has 0 aromatic heterocycles. The Morgan fingerprint density at radius 2 is 2.06 bits per heavy atom. The summed E-state index contributed by atoms with van der Waals surface area (Å²) in [5.41, 5.74) is 2.78. The maximum atomic E-state index is 14.7. The highest BCUT2D eigenvalue weighted by Crippen LogP contribution is 2.30. The summed E-state index contributed by atoms with van der Waals surface area (Å²) in [6, 6.07) is 6.89. The number of amides is 2. The summed E-state index contributed by atoms with van der Waals surface area (Å²) in [5.74, 6) is -0.602. The topological polar surface area (TPSA) is 112 Å². The Morgan fingerprint density at radius 1 is 1.36 bits per heavy atom. The van der Waals surface area contributed by atoms with Crippen molar-refractivity contribution in [2.45, 2.75) is 39.7 Å². The molecule has 9 nitrogen and oxygen atoms in total. The summed E-state index contributed by atoms with van der Waals surface area (Å²) in [4.78, 5) is 35.6. The van der Waals surface area contributed by atoms with E-state index in [1.165, 1.54) is 17.9 Å². The molecular formula is C23H29FN4O5. The number of hydrogen-bond acceptors (Lipinski definition) is 7. The molecule has 2 amide bonds. The molecule has 2 saturated heterocycles. The molecule has 2 heterocycles. The van der Waals surface area contributed by atoms with E-state index >= 15 is 0 Å². The quantitative estimate of drug-likeness (QED) is 0.513. The van der Waals surface area contributed by atoms with Gasteiger partial charge in [0.25, 0.3) is 6.47 Å². The van der Waals surface area contributed by atoms with Crippen molar-refractivity contribution >= 4 is 29.8 Å². The number of rotatable bonds is 6. The monoisotopic (exact) mass is 460 g/mol. The molecule has 2 fully saturated rings. The van der Waals surface area contributed by atoms with Crippen LogP contribution < -0.4 is 15.1 Å². The van der Waals surface area contributed by atoms with Crippen molar-refractivity contribution in [2.75, 3.05) is 42.6 Å². The fourth-order valence-electron chi connectivity index (χ4n) is 3.56. The Balaban J connectivity index is 0.000000696. The molecule has 0 aliphatic carbocycles. The Kier molecular flexibility index (Phi) is 9.66. The van der Waals surface area contributed by atoms with Crippen LogP contribution in [-0.2, 0) is 19.1 Å². The SMILES string of the molecule is CC(=O)NCC1CN(c2ccc(N3CCC(=C(C)C#N)CC3)c(F)c2)C(=O)O1.CCOC=O. The summed E-state index contributed by atoms with van der Waals surface area (Å²) in [7, 11) is 0. The van der Waals surface area contributed by atoms with Crippen LogP contribution in [0.5, 0.6) is 0 Å². The minimum Gasteiger partial charge on any atom is -0.468 e. The number of allylic oxidation sites excluding steroid dienone is 1. The van der Waals surface area contributed by atoms with E-state index in [4.69, 9.17) is 10.00 Å². The van der Waals surface area contributed by atoms with Gasteiger partial charge in [0.1, 0.15) is 11.9 Å². The second-order valence-corrected chi connectivity index (χ2v) is 7.57. The average molecular weight is 461 g/mol. The van der Waals surface area contributed by atoms with Gasteiger partial charge in [0, 0.05) is 25.6 Å². The van der Waals surface area contributed by atoms with Crippen LogP contribution in [0.1, 0.15) is 33.6 Å². The fourth-order valence-corrected chi connectivity index (χ4v) is 3.56. The molecule has 0 bridgehead atoms. The van der Waals surface area contributed by atoms with Crippen LogP contribution in [-0.4, -0.2) is 57.4 Å². The van der Waals surface area contributed by atoms with E-state index in [-0.39, 0.29) is 19.0 Å². The molecule has 1 aromatic rings. The molecule has 0 spiro atoms. The molecule has 1 aromatic carbocycles. The van der Waals surface area contributed by atoms with Crippen molar-refractivity contribution in [3.05, 3.63) is 35.2 Å². The number of halogens is 1. The van der Waals surface area contributed by atoms with Gasteiger partial charge >= 0.3 is 6.09 Å². The van der Waals surface area contributed by atoms with Crippen molar-refractivity contribution in [2.24, 2.45) is 0 Å². The summed E-state index contributed by atoms with van der Waals surface area (Å²) in [6.45, 7) is 7.65. The van der Waals surface area contributed by atoms with Crippen molar-refractivity contribution in [3.63, 3.8) is 0 Å². The van der Waals surface area contributed by atoms with Crippen LogP contribution in [0.3, 0.4) is 0 Å². The summed E-state index contributed by atoms with van der Waals surface area (Å²) >= 11 is 0. The van der Waals surface area contributed by atoms with E-state index in [9.17, 15) is 18.8 Å². The lowest BCUT2D eigenvalue weighted by Crippen LogP contribution is -2.33. The smallest absolute Gasteiger partial charge is 0.414 e. The highest BCUT2D eigenvalue weighted by Gasteiger charge is 2.33. The zero-order valence-electron chi connectivity index (χ0n) is 19.1. The lowest BCUT2D eigenvalue weighted by molar-refractivity contribution is -0.128. The molecule has 0 saturated carbocycles. The minimum atomic E-state index is -0.553. The van der Waals surface area contributed by atoms with Crippen molar-refractivity contribution < 1.29 is 28.2 Å².